The number of ether oxygens (including phenoxy) is 2. The number of nitrogens with zero attached hydrogens (tertiary/aromatic N) is 3. The number of carbonyl (C=O) groups is 3. The monoisotopic (exact) mass is 573 g/mol. The summed E-state index contributed by atoms with van der Waals surface area (Å²) >= 11 is 0. The van der Waals surface area contributed by atoms with E-state index in [4.69, 9.17) is 14.6 Å². The maximum Gasteiger partial charge on any atom is 0.333 e. The molecule has 1 saturated heterocycles. The van der Waals surface area contributed by atoms with Gasteiger partial charge in [0, 0.05) is 5.69 Å². The van der Waals surface area contributed by atoms with Gasteiger partial charge >= 0.3 is 11.9 Å². The molecule has 0 N–H and O–H groups in total. The molecule has 1 spiro atoms. The molecule has 4 aromatic carbocycles. The molecule has 2 heterocycles. The Morgan fingerprint density at radius 3 is 1.67 bits per heavy atom. The zero-order valence-electron chi connectivity index (χ0n) is 23.9. The average Bonchev–Trinajstić information content (AvgIpc) is 3.40. The zero-order valence-corrected chi connectivity index (χ0v) is 23.9. The number of hydrazone groups is 1. The van der Waals surface area contributed by atoms with Crippen LogP contribution in [0.2, 0.25) is 0 Å². The third-order valence-electron chi connectivity index (χ3n) is 8.02. The van der Waals surface area contributed by atoms with Gasteiger partial charge in [0.25, 0.3) is 5.91 Å². The first kappa shape index (κ1) is 27.9. The molecular formula is C35H31N3O5. The van der Waals surface area contributed by atoms with E-state index < -0.39 is 34.8 Å². The normalized spacial score (nSPS) is 20.4. The fourth-order valence-corrected chi connectivity index (χ4v) is 6.35. The number of carbonyl (C=O) groups excluding carboxylic acids is 3. The van der Waals surface area contributed by atoms with Crippen molar-refractivity contribution in [3.8, 4) is 0 Å². The van der Waals surface area contributed by atoms with Gasteiger partial charge in [-0.25, -0.2) is 5.01 Å². The van der Waals surface area contributed by atoms with Crippen LogP contribution in [0.1, 0.15) is 31.0 Å². The summed E-state index contributed by atoms with van der Waals surface area (Å²) in [5.74, 6) is -2.26. The second kappa shape index (κ2) is 11.2. The molecule has 1 amide bonds. The number of rotatable bonds is 8. The molecular weight excluding hydrogens is 542 g/mol. The first-order chi connectivity index (χ1) is 21.0. The summed E-state index contributed by atoms with van der Waals surface area (Å²) in [5.41, 5.74) is -1.72. The third kappa shape index (κ3) is 3.97. The first-order valence-electron chi connectivity index (χ1n) is 14.3. The lowest BCUT2D eigenvalue weighted by Gasteiger charge is -2.60. The van der Waals surface area contributed by atoms with Gasteiger partial charge in [0.1, 0.15) is 5.71 Å². The van der Waals surface area contributed by atoms with Crippen LogP contribution in [0, 0.1) is 5.41 Å². The molecule has 8 heteroatoms. The number of β-lactam (4-membered cyclic amide) rings is 1. The van der Waals surface area contributed by atoms with Crippen molar-refractivity contribution in [1.29, 1.82) is 0 Å². The summed E-state index contributed by atoms with van der Waals surface area (Å²) < 4.78 is 11.4. The summed E-state index contributed by atoms with van der Waals surface area (Å²) in [6, 6.07) is 35.8. The summed E-state index contributed by atoms with van der Waals surface area (Å²) in [6.45, 7) is 3.30. The lowest BCUT2D eigenvalue weighted by Crippen LogP contribution is -2.83. The van der Waals surface area contributed by atoms with Crippen molar-refractivity contribution in [3.05, 3.63) is 132 Å². The predicted molar refractivity (Wildman–Crippen MR) is 163 cm³/mol. The average molecular weight is 574 g/mol. The van der Waals surface area contributed by atoms with Gasteiger partial charge in [0.15, 0.2) is 5.54 Å². The summed E-state index contributed by atoms with van der Waals surface area (Å²) in [7, 11) is 0. The summed E-state index contributed by atoms with van der Waals surface area (Å²) in [4.78, 5) is 46.0. The Morgan fingerprint density at radius 1 is 0.698 bits per heavy atom. The van der Waals surface area contributed by atoms with E-state index in [1.54, 1.807) is 60.2 Å². The van der Waals surface area contributed by atoms with Gasteiger partial charge in [-0.15, -0.1) is 0 Å². The van der Waals surface area contributed by atoms with Crippen LogP contribution < -0.4 is 9.91 Å². The molecule has 0 aromatic heterocycles. The molecule has 2 aliphatic heterocycles. The van der Waals surface area contributed by atoms with Gasteiger partial charge in [-0.3, -0.25) is 19.3 Å². The van der Waals surface area contributed by atoms with E-state index in [0.29, 0.717) is 16.9 Å². The molecule has 8 nitrogen and oxygen atoms in total. The topological polar surface area (TPSA) is 88.5 Å². The van der Waals surface area contributed by atoms with Gasteiger partial charge < -0.3 is 9.47 Å². The van der Waals surface area contributed by atoms with Crippen LogP contribution >= 0.6 is 0 Å². The minimum Gasteiger partial charge on any atom is -0.465 e. The number of anilines is 2. The molecule has 0 radical (unpaired) electrons. The molecule has 6 rings (SSSR count). The SMILES string of the molecule is CCOC(=O)C1(C(=O)OCC)C(c2ccccc2)=NN(c2ccccc2)[C@]12C(=O)N(c1ccccc1)[C@@H]2c1ccccc1. The molecule has 216 valence electrons. The van der Waals surface area contributed by atoms with Crippen molar-refractivity contribution in [3.63, 3.8) is 0 Å². The van der Waals surface area contributed by atoms with E-state index in [9.17, 15) is 9.59 Å². The highest BCUT2D eigenvalue weighted by molar-refractivity contribution is 6.36. The number of hydrogen-bond donors (Lipinski definition) is 0. The van der Waals surface area contributed by atoms with Crippen molar-refractivity contribution < 1.29 is 23.9 Å². The molecule has 0 aliphatic carbocycles. The van der Waals surface area contributed by atoms with Crippen LogP contribution in [-0.4, -0.2) is 42.3 Å². The number of hydrogen-bond acceptors (Lipinski definition) is 7. The van der Waals surface area contributed by atoms with Crippen LogP contribution in [0.4, 0.5) is 11.4 Å². The molecule has 0 saturated carbocycles. The van der Waals surface area contributed by atoms with Crippen molar-refractivity contribution >= 4 is 34.9 Å². The Morgan fingerprint density at radius 2 is 1.16 bits per heavy atom. The van der Waals surface area contributed by atoms with Crippen LogP contribution in [-0.2, 0) is 23.9 Å². The van der Waals surface area contributed by atoms with Crippen molar-refractivity contribution in [1.82, 2.24) is 0 Å². The van der Waals surface area contributed by atoms with E-state index in [1.807, 2.05) is 84.9 Å². The lowest BCUT2D eigenvalue weighted by atomic mass is 9.55. The van der Waals surface area contributed by atoms with Crippen LogP contribution in [0.15, 0.2) is 126 Å². The second-order valence-electron chi connectivity index (χ2n) is 10.2. The van der Waals surface area contributed by atoms with Gasteiger partial charge in [0.2, 0.25) is 5.41 Å². The summed E-state index contributed by atoms with van der Waals surface area (Å²) in [5, 5.41) is 6.56. The molecule has 0 unspecified atom stereocenters. The Bertz CT molecular complexity index is 1640. The van der Waals surface area contributed by atoms with Crippen LogP contribution in [0.5, 0.6) is 0 Å². The highest BCUT2D eigenvalue weighted by Crippen LogP contribution is 2.63. The first-order valence-corrected chi connectivity index (χ1v) is 14.3. The molecule has 2 atom stereocenters. The van der Waals surface area contributed by atoms with E-state index in [0.717, 1.165) is 5.56 Å². The maximum atomic E-state index is 15.2. The Labute approximate surface area is 250 Å². The van der Waals surface area contributed by atoms with Crippen molar-refractivity contribution in [2.24, 2.45) is 10.5 Å². The standard InChI is InChI=1S/C35H31N3O5/c1-3-42-32(40)34(33(41)43-4-2)29(25-17-9-5-10-18-25)36-38(28-23-15-8-16-24-28)35(34)30(26-19-11-6-12-20-26)37(31(35)39)27-21-13-7-14-22-27/h5-24,30H,3-4H2,1-2H3/t30-,35-/m1/s1. The van der Waals surface area contributed by atoms with E-state index in [1.165, 1.54) is 0 Å². The molecule has 1 fully saturated rings. The van der Waals surface area contributed by atoms with Crippen molar-refractivity contribution in [2.45, 2.75) is 25.4 Å². The number of benzene rings is 4. The summed E-state index contributed by atoms with van der Waals surface area (Å²) in [6.07, 6.45) is 0. The van der Waals surface area contributed by atoms with E-state index in [2.05, 4.69) is 0 Å². The van der Waals surface area contributed by atoms with Gasteiger partial charge in [0.05, 0.1) is 24.9 Å². The van der Waals surface area contributed by atoms with Crippen LogP contribution in [0.25, 0.3) is 0 Å². The Hall–Kier alpha value is -5.24. The number of amides is 1. The quantitative estimate of drug-likeness (QED) is 0.156. The van der Waals surface area contributed by atoms with E-state index >= 15 is 4.79 Å². The second-order valence-corrected chi connectivity index (χ2v) is 10.2. The minimum atomic E-state index is -2.28. The van der Waals surface area contributed by atoms with Gasteiger partial charge in [-0.05, 0) is 49.2 Å². The smallest absolute Gasteiger partial charge is 0.333 e. The highest BCUT2D eigenvalue weighted by atomic mass is 16.6. The third-order valence-corrected chi connectivity index (χ3v) is 8.02. The van der Waals surface area contributed by atoms with E-state index in [-0.39, 0.29) is 18.9 Å². The lowest BCUT2D eigenvalue weighted by molar-refractivity contribution is -0.176. The fourth-order valence-electron chi connectivity index (χ4n) is 6.35. The Balaban J connectivity index is 1.75. The predicted octanol–water partition coefficient (Wildman–Crippen LogP) is 5.55. The number of para-hydroxylation sites is 2. The molecule has 43 heavy (non-hydrogen) atoms. The molecule has 0 bridgehead atoms. The molecule has 2 aliphatic rings. The molecule has 4 aromatic rings. The highest BCUT2D eigenvalue weighted by Gasteiger charge is 2.85. The number of esters is 2. The van der Waals surface area contributed by atoms with Gasteiger partial charge in [-0.2, -0.15) is 5.10 Å². The van der Waals surface area contributed by atoms with Crippen molar-refractivity contribution in [2.75, 3.05) is 23.1 Å². The zero-order chi connectivity index (χ0) is 30.0. The maximum absolute atomic E-state index is 15.2. The van der Waals surface area contributed by atoms with Crippen LogP contribution in [0.3, 0.4) is 0 Å². The fraction of sp³-hybridized carbons (Fsp3) is 0.200. The Kier molecular flexibility index (Phi) is 7.27. The van der Waals surface area contributed by atoms with Gasteiger partial charge in [-0.1, -0.05) is 97.1 Å². The minimum absolute atomic E-state index is 0.0178. The largest absolute Gasteiger partial charge is 0.465 e.